The number of nitrogens with zero attached hydrogens (tertiary/aromatic N) is 1. The van der Waals surface area contributed by atoms with Crippen LogP contribution < -0.4 is 0 Å². The summed E-state index contributed by atoms with van der Waals surface area (Å²) in [5.74, 6) is 1.59. The van der Waals surface area contributed by atoms with Crippen LogP contribution in [0.4, 0.5) is 0 Å². The van der Waals surface area contributed by atoms with Crippen LogP contribution >= 0.6 is 0 Å². The molecule has 0 aromatic heterocycles. The van der Waals surface area contributed by atoms with Crippen LogP contribution in [-0.4, -0.2) is 56.0 Å². The molecule has 23 heavy (non-hydrogen) atoms. The molecule has 3 rings (SSSR count). The average molecular weight is 343 g/mol. The summed E-state index contributed by atoms with van der Waals surface area (Å²) in [4.78, 5) is 13.9. The first-order chi connectivity index (χ1) is 10.8. The van der Waals surface area contributed by atoms with Crippen LogP contribution in [0.5, 0.6) is 0 Å². The van der Waals surface area contributed by atoms with Gasteiger partial charge in [-0.3, -0.25) is 4.79 Å². The highest BCUT2D eigenvalue weighted by atomic mass is 32.2. The van der Waals surface area contributed by atoms with Gasteiger partial charge in [-0.15, -0.1) is 0 Å². The molecule has 0 N–H and O–H groups in total. The lowest BCUT2D eigenvalue weighted by atomic mass is 9.83. The van der Waals surface area contributed by atoms with Crippen LogP contribution in [0.15, 0.2) is 0 Å². The lowest BCUT2D eigenvalue weighted by Gasteiger charge is -2.50. The second-order valence-electron chi connectivity index (χ2n) is 8.03. The Kier molecular flexibility index (Phi) is 4.76. The summed E-state index contributed by atoms with van der Waals surface area (Å²) in [6.07, 6.45) is 4.55. The van der Waals surface area contributed by atoms with Gasteiger partial charge in [0, 0.05) is 32.0 Å². The zero-order valence-corrected chi connectivity index (χ0v) is 15.1. The Bertz CT molecular complexity index is 547. The predicted octanol–water partition coefficient (Wildman–Crippen LogP) is 1.86. The molecule has 1 spiro atoms. The second kappa shape index (κ2) is 6.36. The topological polar surface area (TPSA) is 63.7 Å². The van der Waals surface area contributed by atoms with Gasteiger partial charge >= 0.3 is 0 Å². The number of carbonyl (C=O) groups excluding carboxylic acids is 1. The number of ether oxygens (including phenoxy) is 1. The number of rotatable bonds is 7. The van der Waals surface area contributed by atoms with Crippen molar-refractivity contribution < 1.29 is 17.9 Å². The van der Waals surface area contributed by atoms with Crippen molar-refractivity contribution in [1.29, 1.82) is 0 Å². The molecule has 0 aromatic rings. The van der Waals surface area contributed by atoms with Crippen LogP contribution in [0.2, 0.25) is 0 Å². The van der Waals surface area contributed by atoms with Gasteiger partial charge in [-0.1, -0.05) is 13.8 Å². The molecule has 2 heterocycles. The number of amides is 1. The molecule has 1 aliphatic carbocycles. The Hall–Kier alpha value is -0.620. The van der Waals surface area contributed by atoms with Crippen molar-refractivity contribution in [1.82, 2.24) is 4.90 Å². The summed E-state index contributed by atoms with van der Waals surface area (Å²) in [6, 6.07) is 0. The fraction of sp³-hybridized carbons (Fsp3) is 0.941. The molecule has 2 aliphatic heterocycles. The summed E-state index contributed by atoms with van der Waals surface area (Å²) < 4.78 is 30.1. The van der Waals surface area contributed by atoms with Crippen LogP contribution in [0.3, 0.4) is 0 Å². The fourth-order valence-electron chi connectivity index (χ4n) is 3.72. The summed E-state index contributed by atoms with van der Waals surface area (Å²) in [5.41, 5.74) is 0. The number of likely N-dealkylation sites (tertiary alicyclic amines) is 1. The first-order valence-corrected chi connectivity index (χ1v) is 10.6. The van der Waals surface area contributed by atoms with Crippen LogP contribution in [0.25, 0.3) is 0 Å². The first-order valence-electron chi connectivity index (χ1n) is 8.92. The minimum Gasteiger partial charge on any atom is -0.381 e. The standard InChI is InChI=1S/C17H29NO4S/c1-13(2)3-6-16(19)18-11-17(12-18)15(7-8-23(17,20)21)10-22-9-14-4-5-14/h13-15H,3-12H2,1-2H3/t15-/m1/s1. The minimum atomic E-state index is -3.11. The van der Waals surface area contributed by atoms with E-state index in [0.717, 1.165) is 13.0 Å². The van der Waals surface area contributed by atoms with Crippen molar-refractivity contribution in [2.75, 3.05) is 32.1 Å². The van der Waals surface area contributed by atoms with Crippen molar-refractivity contribution in [3.8, 4) is 0 Å². The van der Waals surface area contributed by atoms with E-state index in [4.69, 9.17) is 4.74 Å². The van der Waals surface area contributed by atoms with E-state index in [2.05, 4.69) is 13.8 Å². The van der Waals surface area contributed by atoms with Crippen molar-refractivity contribution >= 4 is 15.7 Å². The van der Waals surface area contributed by atoms with E-state index >= 15 is 0 Å². The molecule has 2 saturated heterocycles. The van der Waals surface area contributed by atoms with Gasteiger partial charge in [-0.2, -0.15) is 0 Å². The highest BCUT2D eigenvalue weighted by Gasteiger charge is 2.62. The molecule has 0 aromatic carbocycles. The molecule has 0 radical (unpaired) electrons. The maximum absolute atomic E-state index is 12.5. The molecule has 3 fully saturated rings. The SMILES string of the molecule is CC(C)CCC(=O)N1CC2(C1)[C@@H](COCC1CC1)CCS2(=O)=O. The third-order valence-corrected chi connectivity index (χ3v) is 8.28. The molecular formula is C17H29NO4S. The Morgan fingerprint density at radius 2 is 1.91 bits per heavy atom. The predicted molar refractivity (Wildman–Crippen MR) is 88.8 cm³/mol. The molecule has 132 valence electrons. The molecule has 0 bridgehead atoms. The van der Waals surface area contributed by atoms with Crippen molar-refractivity contribution in [2.45, 2.75) is 50.7 Å². The van der Waals surface area contributed by atoms with Gasteiger partial charge < -0.3 is 9.64 Å². The lowest BCUT2D eigenvalue weighted by Crippen LogP contribution is -2.68. The highest BCUT2D eigenvalue weighted by Crippen LogP contribution is 2.45. The largest absolute Gasteiger partial charge is 0.381 e. The summed E-state index contributed by atoms with van der Waals surface area (Å²) >= 11 is 0. The van der Waals surface area contributed by atoms with Gasteiger partial charge in [-0.05, 0) is 37.5 Å². The van der Waals surface area contributed by atoms with Gasteiger partial charge in [0.25, 0.3) is 0 Å². The zero-order valence-electron chi connectivity index (χ0n) is 14.3. The van der Waals surface area contributed by atoms with Crippen LogP contribution in [0, 0.1) is 17.8 Å². The molecule has 6 heteroatoms. The first kappa shape index (κ1) is 17.2. The fourth-order valence-corrected chi connectivity index (χ4v) is 6.12. The molecule has 1 atom stereocenters. The van der Waals surface area contributed by atoms with E-state index in [0.29, 0.717) is 44.4 Å². The van der Waals surface area contributed by atoms with Crippen LogP contribution in [0.1, 0.15) is 46.0 Å². The van der Waals surface area contributed by atoms with E-state index in [1.54, 1.807) is 4.90 Å². The average Bonchev–Trinajstić information content (AvgIpc) is 3.19. The van der Waals surface area contributed by atoms with E-state index < -0.39 is 14.6 Å². The lowest BCUT2D eigenvalue weighted by molar-refractivity contribution is -0.138. The monoisotopic (exact) mass is 343 g/mol. The van der Waals surface area contributed by atoms with E-state index in [9.17, 15) is 13.2 Å². The third kappa shape index (κ3) is 3.43. The molecule has 0 unspecified atom stereocenters. The molecule has 1 saturated carbocycles. The second-order valence-corrected chi connectivity index (χ2v) is 10.5. The van der Waals surface area contributed by atoms with E-state index in [1.807, 2.05) is 0 Å². The van der Waals surface area contributed by atoms with Crippen molar-refractivity contribution in [2.24, 2.45) is 17.8 Å². The summed E-state index contributed by atoms with van der Waals surface area (Å²) in [7, 11) is -3.11. The third-order valence-electron chi connectivity index (χ3n) is 5.67. The molecule has 3 aliphatic rings. The van der Waals surface area contributed by atoms with E-state index in [-0.39, 0.29) is 17.6 Å². The maximum atomic E-state index is 12.5. The van der Waals surface area contributed by atoms with Gasteiger partial charge in [-0.25, -0.2) is 8.42 Å². The number of sulfone groups is 1. The number of carbonyl (C=O) groups is 1. The van der Waals surface area contributed by atoms with Gasteiger partial charge in [0.1, 0.15) is 4.75 Å². The Morgan fingerprint density at radius 1 is 1.22 bits per heavy atom. The normalized spacial score (nSPS) is 28.3. The summed E-state index contributed by atoms with van der Waals surface area (Å²) in [6.45, 7) is 6.25. The van der Waals surface area contributed by atoms with Gasteiger partial charge in [0.05, 0.1) is 12.4 Å². The Labute approximate surface area is 139 Å². The van der Waals surface area contributed by atoms with Gasteiger partial charge in [0.2, 0.25) is 5.91 Å². The smallest absolute Gasteiger partial charge is 0.222 e. The number of hydrogen-bond acceptors (Lipinski definition) is 4. The Morgan fingerprint density at radius 3 is 2.52 bits per heavy atom. The van der Waals surface area contributed by atoms with Crippen LogP contribution in [-0.2, 0) is 19.4 Å². The molecule has 1 amide bonds. The summed E-state index contributed by atoms with van der Waals surface area (Å²) in [5, 5.41) is 0. The minimum absolute atomic E-state index is 0.0559. The highest BCUT2D eigenvalue weighted by molar-refractivity contribution is 7.93. The zero-order chi connectivity index (χ0) is 16.7. The maximum Gasteiger partial charge on any atom is 0.222 e. The molecule has 5 nitrogen and oxygen atoms in total. The molecular weight excluding hydrogens is 314 g/mol. The van der Waals surface area contributed by atoms with E-state index in [1.165, 1.54) is 12.8 Å². The Balaban J connectivity index is 1.56. The quantitative estimate of drug-likeness (QED) is 0.708. The number of hydrogen-bond donors (Lipinski definition) is 0. The van der Waals surface area contributed by atoms with Crippen molar-refractivity contribution in [3.05, 3.63) is 0 Å². The van der Waals surface area contributed by atoms with Gasteiger partial charge in [0.15, 0.2) is 9.84 Å². The van der Waals surface area contributed by atoms with Crippen molar-refractivity contribution in [3.63, 3.8) is 0 Å².